The molecule has 2 nitrogen and oxygen atoms in total. The van der Waals surface area contributed by atoms with Gasteiger partial charge < -0.3 is 9.88 Å². The van der Waals surface area contributed by atoms with E-state index < -0.39 is 0 Å². The maximum atomic E-state index is 3.59. The largest absolute Gasteiger partial charge is 0.344 e. The number of rotatable bonds is 5. The van der Waals surface area contributed by atoms with Crippen molar-refractivity contribution < 1.29 is 0 Å². The lowest BCUT2D eigenvalue weighted by Gasteiger charge is -2.18. The average Bonchev–Trinajstić information content (AvgIpc) is 2.65. The van der Waals surface area contributed by atoms with Gasteiger partial charge in [-0.1, -0.05) is 32.0 Å². The highest BCUT2D eigenvalue weighted by Crippen LogP contribution is 2.18. The summed E-state index contributed by atoms with van der Waals surface area (Å²) < 4.78 is 2.40. The molecule has 0 amide bonds. The first-order chi connectivity index (χ1) is 8.59. The minimum atomic E-state index is 0.576. The Hall–Kier alpha value is -1.28. The number of fused-ring (bicyclic) bond motifs is 1. The van der Waals surface area contributed by atoms with Crippen LogP contribution in [-0.4, -0.2) is 17.2 Å². The average molecular weight is 244 g/mol. The monoisotopic (exact) mass is 244 g/mol. The van der Waals surface area contributed by atoms with Gasteiger partial charge in [0.05, 0.1) is 0 Å². The highest BCUT2D eigenvalue weighted by atomic mass is 15.0. The molecule has 2 aromatic rings. The van der Waals surface area contributed by atoms with E-state index in [2.05, 4.69) is 67.9 Å². The van der Waals surface area contributed by atoms with Crippen LogP contribution in [0.5, 0.6) is 0 Å². The molecule has 2 heteroatoms. The molecule has 1 atom stereocenters. The van der Waals surface area contributed by atoms with E-state index in [1.165, 1.54) is 16.6 Å². The predicted molar refractivity (Wildman–Crippen MR) is 79.0 cm³/mol. The first-order valence-corrected chi connectivity index (χ1v) is 6.88. The van der Waals surface area contributed by atoms with Crippen LogP contribution >= 0.6 is 0 Å². The summed E-state index contributed by atoms with van der Waals surface area (Å²) in [4.78, 5) is 0. The molecular weight excluding hydrogens is 220 g/mol. The Morgan fingerprint density at radius 1 is 1.17 bits per heavy atom. The van der Waals surface area contributed by atoms with Crippen molar-refractivity contribution in [2.45, 2.75) is 40.3 Å². The summed E-state index contributed by atoms with van der Waals surface area (Å²) in [6, 6.07) is 11.4. The third kappa shape index (κ3) is 2.75. The van der Waals surface area contributed by atoms with Crippen molar-refractivity contribution in [3.8, 4) is 0 Å². The molecule has 0 fully saturated rings. The molecule has 0 aliphatic carbocycles. The van der Waals surface area contributed by atoms with Crippen molar-refractivity contribution in [3.05, 3.63) is 36.0 Å². The summed E-state index contributed by atoms with van der Waals surface area (Å²) in [5.74, 6) is 0.688. The molecule has 0 bridgehead atoms. The van der Waals surface area contributed by atoms with Gasteiger partial charge >= 0.3 is 0 Å². The number of aryl methyl sites for hydroxylation is 1. The van der Waals surface area contributed by atoms with Gasteiger partial charge in [-0.25, -0.2) is 0 Å². The lowest BCUT2D eigenvalue weighted by atomic mass is 10.1. The van der Waals surface area contributed by atoms with Crippen molar-refractivity contribution in [1.29, 1.82) is 0 Å². The molecule has 0 saturated carbocycles. The van der Waals surface area contributed by atoms with Gasteiger partial charge in [-0.3, -0.25) is 0 Å². The fourth-order valence-electron chi connectivity index (χ4n) is 2.28. The SMILES string of the molecule is Cc1cc2ccccc2n1CCNC(C)C(C)C. The Labute approximate surface area is 110 Å². The molecule has 18 heavy (non-hydrogen) atoms. The van der Waals surface area contributed by atoms with Crippen LogP contribution in [0.4, 0.5) is 0 Å². The quantitative estimate of drug-likeness (QED) is 0.850. The van der Waals surface area contributed by atoms with Gasteiger partial charge in [0.15, 0.2) is 0 Å². The van der Waals surface area contributed by atoms with Crippen LogP contribution < -0.4 is 5.32 Å². The summed E-state index contributed by atoms with van der Waals surface area (Å²) in [6.45, 7) is 11.0. The number of nitrogens with one attached hydrogen (secondary N) is 1. The van der Waals surface area contributed by atoms with Crippen LogP contribution in [0.25, 0.3) is 10.9 Å². The summed E-state index contributed by atoms with van der Waals surface area (Å²) >= 11 is 0. The number of para-hydroxylation sites is 1. The predicted octanol–water partition coefficient (Wildman–Crippen LogP) is 3.58. The zero-order chi connectivity index (χ0) is 13.1. The summed E-state index contributed by atoms with van der Waals surface area (Å²) in [7, 11) is 0. The van der Waals surface area contributed by atoms with E-state index in [9.17, 15) is 0 Å². The van der Waals surface area contributed by atoms with Crippen LogP contribution in [0.2, 0.25) is 0 Å². The zero-order valence-electron chi connectivity index (χ0n) is 11.9. The van der Waals surface area contributed by atoms with Crippen molar-refractivity contribution in [1.82, 2.24) is 9.88 Å². The minimum absolute atomic E-state index is 0.576. The summed E-state index contributed by atoms with van der Waals surface area (Å²) in [5.41, 5.74) is 2.68. The minimum Gasteiger partial charge on any atom is -0.344 e. The van der Waals surface area contributed by atoms with Crippen molar-refractivity contribution in [2.75, 3.05) is 6.54 Å². The topological polar surface area (TPSA) is 17.0 Å². The Balaban J connectivity index is 2.05. The Bertz CT molecular complexity index is 511. The van der Waals surface area contributed by atoms with E-state index in [4.69, 9.17) is 0 Å². The van der Waals surface area contributed by atoms with Crippen LogP contribution in [0.3, 0.4) is 0 Å². The number of hydrogen-bond acceptors (Lipinski definition) is 1. The Kier molecular flexibility index (Phi) is 4.07. The Morgan fingerprint density at radius 3 is 2.61 bits per heavy atom. The maximum absolute atomic E-state index is 3.59. The van der Waals surface area contributed by atoms with Gasteiger partial charge in [-0.05, 0) is 37.3 Å². The normalized spacial score (nSPS) is 13.4. The van der Waals surface area contributed by atoms with E-state index >= 15 is 0 Å². The van der Waals surface area contributed by atoms with Crippen LogP contribution in [0.1, 0.15) is 26.5 Å². The standard InChI is InChI=1S/C16H24N2/c1-12(2)14(4)17-9-10-18-13(3)11-15-7-5-6-8-16(15)18/h5-8,11-12,14,17H,9-10H2,1-4H3. The van der Waals surface area contributed by atoms with Crippen LogP contribution in [-0.2, 0) is 6.54 Å². The van der Waals surface area contributed by atoms with Gasteiger partial charge in [0, 0.05) is 30.3 Å². The second-order valence-electron chi connectivity index (χ2n) is 5.48. The molecule has 0 aliphatic rings. The van der Waals surface area contributed by atoms with Gasteiger partial charge in [-0.15, -0.1) is 0 Å². The summed E-state index contributed by atoms with van der Waals surface area (Å²) in [6.07, 6.45) is 0. The van der Waals surface area contributed by atoms with E-state index in [0.29, 0.717) is 12.0 Å². The maximum Gasteiger partial charge on any atom is 0.0482 e. The highest BCUT2D eigenvalue weighted by molar-refractivity contribution is 5.81. The van der Waals surface area contributed by atoms with Gasteiger partial charge in [0.25, 0.3) is 0 Å². The molecule has 2 rings (SSSR count). The van der Waals surface area contributed by atoms with Crippen molar-refractivity contribution in [3.63, 3.8) is 0 Å². The molecule has 1 N–H and O–H groups in total. The second kappa shape index (κ2) is 5.57. The molecule has 98 valence electrons. The number of hydrogen-bond donors (Lipinski definition) is 1. The molecule has 0 aliphatic heterocycles. The van der Waals surface area contributed by atoms with Crippen molar-refractivity contribution in [2.24, 2.45) is 5.92 Å². The highest BCUT2D eigenvalue weighted by Gasteiger charge is 2.07. The molecule has 0 saturated heterocycles. The zero-order valence-corrected chi connectivity index (χ0v) is 11.9. The molecule has 1 aromatic carbocycles. The van der Waals surface area contributed by atoms with Gasteiger partial charge in [-0.2, -0.15) is 0 Å². The molecule has 0 radical (unpaired) electrons. The fourth-order valence-corrected chi connectivity index (χ4v) is 2.28. The molecule has 1 unspecified atom stereocenters. The van der Waals surface area contributed by atoms with Gasteiger partial charge in [0.2, 0.25) is 0 Å². The van der Waals surface area contributed by atoms with Crippen LogP contribution in [0.15, 0.2) is 30.3 Å². The lowest BCUT2D eigenvalue weighted by molar-refractivity contribution is 0.417. The first-order valence-electron chi connectivity index (χ1n) is 6.88. The van der Waals surface area contributed by atoms with Gasteiger partial charge in [0.1, 0.15) is 0 Å². The molecule has 1 aromatic heterocycles. The smallest absolute Gasteiger partial charge is 0.0482 e. The summed E-state index contributed by atoms with van der Waals surface area (Å²) in [5, 5.41) is 4.93. The third-order valence-corrected chi connectivity index (χ3v) is 3.82. The second-order valence-corrected chi connectivity index (χ2v) is 5.48. The van der Waals surface area contributed by atoms with Crippen molar-refractivity contribution >= 4 is 10.9 Å². The number of benzene rings is 1. The molecule has 0 spiro atoms. The first kappa shape index (κ1) is 13.2. The number of nitrogens with zero attached hydrogens (tertiary/aromatic N) is 1. The van der Waals surface area contributed by atoms with Crippen LogP contribution in [0, 0.1) is 12.8 Å². The van der Waals surface area contributed by atoms with E-state index in [-0.39, 0.29) is 0 Å². The molecular formula is C16H24N2. The van der Waals surface area contributed by atoms with E-state index in [1.54, 1.807) is 0 Å². The molecule has 1 heterocycles. The fraction of sp³-hybridized carbons (Fsp3) is 0.500. The number of aromatic nitrogens is 1. The Morgan fingerprint density at radius 2 is 1.89 bits per heavy atom. The third-order valence-electron chi connectivity index (χ3n) is 3.82. The van der Waals surface area contributed by atoms with E-state index in [1.807, 2.05) is 0 Å². The lowest BCUT2D eigenvalue weighted by Crippen LogP contribution is -2.33. The van der Waals surface area contributed by atoms with E-state index in [0.717, 1.165) is 13.1 Å².